The summed E-state index contributed by atoms with van der Waals surface area (Å²) in [6.07, 6.45) is 12.8. The molecular formula is C14H31NO2S. The molecule has 0 aliphatic heterocycles. The van der Waals surface area contributed by atoms with E-state index in [9.17, 15) is 8.42 Å². The van der Waals surface area contributed by atoms with Gasteiger partial charge in [0.05, 0.1) is 5.75 Å². The zero-order chi connectivity index (χ0) is 13.7. The molecule has 0 aromatic heterocycles. The standard InChI is InChI=1S/C14H31NO2S/c1-3-5-6-7-8-9-10-11-12-13-14-15-18(16,17)4-2/h15H,3-14H2,1-2H3. The van der Waals surface area contributed by atoms with E-state index in [2.05, 4.69) is 11.6 Å². The van der Waals surface area contributed by atoms with Gasteiger partial charge < -0.3 is 0 Å². The molecule has 0 aromatic carbocycles. The third kappa shape index (κ3) is 12.4. The van der Waals surface area contributed by atoms with E-state index in [1.54, 1.807) is 6.92 Å². The van der Waals surface area contributed by atoms with Crippen LogP contribution in [-0.2, 0) is 10.0 Å². The van der Waals surface area contributed by atoms with Gasteiger partial charge in [-0.2, -0.15) is 0 Å². The molecule has 0 heterocycles. The monoisotopic (exact) mass is 277 g/mol. The summed E-state index contributed by atoms with van der Waals surface area (Å²) >= 11 is 0. The predicted octanol–water partition coefficient (Wildman–Crippen LogP) is 3.85. The average Bonchev–Trinajstić information content (AvgIpc) is 2.36. The largest absolute Gasteiger partial charge is 0.215 e. The lowest BCUT2D eigenvalue weighted by Gasteiger charge is -2.04. The molecule has 0 atom stereocenters. The van der Waals surface area contributed by atoms with E-state index in [1.807, 2.05) is 0 Å². The van der Waals surface area contributed by atoms with Gasteiger partial charge in [0.1, 0.15) is 0 Å². The van der Waals surface area contributed by atoms with Crippen LogP contribution in [0.5, 0.6) is 0 Å². The molecule has 18 heavy (non-hydrogen) atoms. The summed E-state index contributed by atoms with van der Waals surface area (Å²) in [5.74, 6) is 0.185. The van der Waals surface area contributed by atoms with Crippen LogP contribution in [0.25, 0.3) is 0 Å². The fraction of sp³-hybridized carbons (Fsp3) is 1.00. The van der Waals surface area contributed by atoms with Gasteiger partial charge in [-0.15, -0.1) is 0 Å². The first-order chi connectivity index (χ1) is 8.62. The van der Waals surface area contributed by atoms with Crippen LogP contribution in [0.4, 0.5) is 0 Å². The van der Waals surface area contributed by atoms with Crippen molar-refractivity contribution in [2.24, 2.45) is 0 Å². The van der Waals surface area contributed by atoms with Crippen LogP contribution in [0.2, 0.25) is 0 Å². The highest BCUT2D eigenvalue weighted by atomic mass is 32.2. The maximum atomic E-state index is 11.1. The number of hydrogen-bond donors (Lipinski definition) is 1. The Hall–Kier alpha value is -0.0900. The van der Waals surface area contributed by atoms with Crippen molar-refractivity contribution in [2.45, 2.75) is 78.1 Å². The molecule has 0 saturated carbocycles. The maximum absolute atomic E-state index is 11.1. The minimum absolute atomic E-state index is 0.185. The minimum Gasteiger partial charge on any atom is -0.215 e. The van der Waals surface area contributed by atoms with E-state index in [1.165, 1.54) is 51.4 Å². The number of sulfonamides is 1. The van der Waals surface area contributed by atoms with Gasteiger partial charge in [0, 0.05) is 6.54 Å². The third-order valence-electron chi connectivity index (χ3n) is 3.23. The summed E-state index contributed by atoms with van der Waals surface area (Å²) in [4.78, 5) is 0. The Balaban J connectivity index is 3.12. The number of hydrogen-bond acceptors (Lipinski definition) is 2. The zero-order valence-electron chi connectivity index (χ0n) is 12.2. The maximum Gasteiger partial charge on any atom is 0.211 e. The Bertz CT molecular complexity index is 263. The number of nitrogens with one attached hydrogen (secondary N) is 1. The van der Waals surface area contributed by atoms with Gasteiger partial charge in [-0.25, -0.2) is 13.1 Å². The van der Waals surface area contributed by atoms with Crippen LogP contribution >= 0.6 is 0 Å². The summed E-state index contributed by atoms with van der Waals surface area (Å²) in [7, 11) is -2.98. The second-order valence-electron chi connectivity index (χ2n) is 4.98. The highest BCUT2D eigenvalue weighted by Crippen LogP contribution is 2.10. The molecule has 0 aliphatic rings. The van der Waals surface area contributed by atoms with Crippen LogP contribution in [0.3, 0.4) is 0 Å². The average molecular weight is 277 g/mol. The van der Waals surface area contributed by atoms with Crippen molar-refractivity contribution in [2.75, 3.05) is 12.3 Å². The van der Waals surface area contributed by atoms with Gasteiger partial charge >= 0.3 is 0 Å². The molecule has 0 rings (SSSR count). The lowest BCUT2D eigenvalue weighted by atomic mass is 10.1. The lowest BCUT2D eigenvalue weighted by Crippen LogP contribution is -2.26. The van der Waals surface area contributed by atoms with Crippen molar-refractivity contribution in [3.63, 3.8) is 0 Å². The Labute approximate surface area is 114 Å². The van der Waals surface area contributed by atoms with Gasteiger partial charge in [0.25, 0.3) is 0 Å². The molecule has 0 bridgehead atoms. The summed E-state index contributed by atoms with van der Waals surface area (Å²) < 4.78 is 24.9. The van der Waals surface area contributed by atoms with Crippen LogP contribution in [0.1, 0.15) is 78.1 Å². The van der Waals surface area contributed by atoms with E-state index in [0.29, 0.717) is 6.54 Å². The molecule has 0 aliphatic carbocycles. The van der Waals surface area contributed by atoms with E-state index in [-0.39, 0.29) is 5.75 Å². The fourth-order valence-electron chi connectivity index (χ4n) is 1.94. The van der Waals surface area contributed by atoms with Gasteiger partial charge in [-0.1, -0.05) is 64.7 Å². The Morgan fingerprint density at radius 2 is 1.17 bits per heavy atom. The lowest BCUT2D eigenvalue weighted by molar-refractivity contribution is 0.549. The first-order valence-electron chi connectivity index (χ1n) is 7.59. The van der Waals surface area contributed by atoms with Crippen LogP contribution < -0.4 is 4.72 Å². The van der Waals surface area contributed by atoms with Gasteiger partial charge in [-0.3, -0.25) is 0 Å². The zero-order valence-corrected chi connectivity index (χ0v) is 13.0. The van der Waals surface area contributed by atoms with Crippen LogP contribution in [0, 0.1) is 0 Å². The second kappa shape index (κ2) is 12.0. The summed E-state index contributed by atoms with van der Waals surface area (Å²) in [5.41, 5.74) is 0. The molecule has 0 spiro atoms. The number of rotatable bonds is 13. The third-order valence-corrected chi connectivity index (χ3v) is 4.64. The van der Waals surface area contributed by atoms with Gasteiger partial charge in [0.2, 0.25) is 10.0 Å². The second-order valence-corrected chi connectivity index (χ2v) is 7.08. The van der Waals surface area contributed by atoms with E-state index < -0.39 is 10.0 Å². The molecule has 1 N–H and O–H groups in total. The van der Waals surface area contributed by atoms with Gasteiger partial charge in [-0.05, 0) is 13.3 Å². The summed E-state index contributed by atoms with van der Waals surface area (Å²) in [5, 5.41) is 0. The summed E-state index contributed by atoms with van der Waals surface area (Å²) in [6.45, 7) is 4.51. The SMILES string of the molecule is CCCCCCCCCCCCNS(=O)(=O)CC. The molecule has 0 radical (unpaired) electrons. The van der Waals surface area contributed by atoms with E-state index in [4.69, 9.17) is 0 Å². The molecule has 110 valence electrons. The Morgan fingerprint density at radius 1 is 0.722 bits per heavy atom. The Kier molecular flexibility index (Phi) is 11.9. The highest BCUT2D eigenvalue weighted by Gasteiger charge is 2.03. The van der Waals surface area contributed by atoms with Crippen LogP contribution in [-0.4, -0.2) is 20.7 Å². The van der Waals surface area contributed by atoms with Crippen LogP contribution in [0.15, 0.2) is 0 Å². The molecule has 3 nitrogen and oxygen atoms in total. The van der Waals surface area contributed by atoms with E-state index in [0.717, 1.165) is 12.8 Å². The number of unbranched alkanes of at least 4 members (excludes halogenated alkanes) is 9. The molecule has 0 fully saturated rings. The van der Waals surface area contributed by atoms with Crippen molar-refractivity contribution in [1.82, 2.24) is 4.72 Å². The normalized spacial score (nSPS) is 11.9. The van der Waals surface area contributed by atoms with Crippen molar-refractivity contribution in [3.05, 3.63) is 0 Å². The van der Waals surface area contributed by atoms with E-state index >= 15 is 0 Å². The fourth-order valence-corrected chi connectivity index (χ4v) is 2.60. The summed E-state index contributed by atoms with van der Waals surface area (Å²) in [6, 6.07) is 0. The smallest absolute Gasteiger partial charge is 0.211 e. The van der Waals surface area contributed by atoms with Crippen molar-refractivity contribution in [3.8, 4) is 0 Å². The first-order valence-corrected chi connectivity index (χ1v) is 9.25. The minimum atomic E-state index is -2.98. The molecule has 0 amide bonds. The molecule has 0 unspecified atom stereocenters. The molecule has 4 heteroatoms. The highest BCUT2D eigenvalue weighted by molar-refractivity contribution is 7.89. The van der Waals surface area contributed by atoms with Crippen molar-refractivity contribution in [1.29, 1.82) is 0 Å². The predicted molar refractivity (Wildman–Crippen MR) is 79.3 cm³/mol. The Morgan fingerprint density at radius 3 is 1.61 bits per heavy atom. The van der Waals surface area contributed by atoms with Crippen molar-refractivity contribution >= 4 is 10.0 Å². The first kappa shape index (κ1) is 17.9. The molecular weight excluding hydrogens is 246 g/mol. The molecule has 0 saturated heterocycles. The quantitative estimate of drug-likeness (QED) is 0.520. The topological polar surface area (TPSA) is 46.2 Å². The molecule has 0 aromatic rings. The van der Waals surface area contributed by atoms with Gasteiger partial charge in [0.15, 0.2) is 0 Å². The van der Waals surface area contributed by atoms with Crippen molar-refractivity contribution < 1.29 is 8.42 Å².